The highest BCUT2D eigenvalue weighted by molar-refractivity contribution is 7.47. The standard InChI is InChI=1S/C54H106NO8P/c1-3-5-7-9-11-13-15-16-17-18-19-20-21-22-23-24-25-26-27-28-29-30-31-32-33-34-35-37-38-40-42-44-46-53(56)60-50-52(51-62-64(58,59)61-49-48-55)63-54(57)47-45-43-41-39-36-14-12-10-8-6-4-2/h10,12,52H,3-9,11,13-51,55H2,1-2H3,(H,58,59)/b12-10-. The van der Waals surface area contributed by atoms with E-state index in [1.54, 1.807) is 0 Å². The highest BCUT2D eigenvalue weighted by Gasteiger charge is 2.26. The fourth-order valence-corrected chi connectivity index (χ4v) is 9.03. The quantitative estimate of drug-likeness (QED) is 0.0265. The van der Waals surface area contributed by atoms with E-state index < -0.39 is 26.5 Å². The maximum absolute atomic E-state index is 12.6. The number of carbonyl (C=O) groups is 2. The predicted molar refractivity (Wildman–Crippen MR) is 271 cm³/mol. The maximum Gasteiger partial charge on any atom is 0.472 e. The summed E-state index contributed by atoms with van der Waals surface area (Å²) in [6, 6.07) is 0. The Kier molecular flexibility index (Phi) is 50.1. The third kappa shape index (κ3) is 50.2. The van der Waals surface area contributed by atoms with Crippen molar-refractivity contribution in [2.45, 2.75) is 296 Å². The molecule has 0 saturated carbocycles. The van der Waals surface area contributed by atoms with Crippen molar-refractivity contribution < 1.29 is 37.6 Å². The van der Waals surface area contributed by atoms with E-state index in [1.165, 1.54) is 199 Å². The van der Waals surface area contributed by atoms with Gasteiger partial charge in [0, 0.05) is 19.4 Å². The summed E-state index contributed by atoms with van der Waals surface area (Å²) in [6.07, 6.45) is 57.3. The van der Waals surface area contributed by atoms with E-state index in [-0.39, 0.29) is 38.6 Å². The van der Waals surface area contributed by atoms with Crippen molar-refractivity contribution in [3.63, 3.8) is 0 Å². The van der Waals surface area contributed by atoms with E-state index in [9.17, 15) is 19.0 Å². The van der Waals surface area contributed by atoms with E-state index in [0.29, 0.717) is 6.42 Å². The van der Waals surface area contributed by atoms with Crippen LogP contribution in [0.1, 0.15) is 290 Å². The minimum absolute atomic E-state index is 0.0549. The Morgan fingerprint density at radius 2 is 0.781 bits per heavy atom. The molecular weight excluding hydrogens is 822 g/mol. The van der Waals surface area contributed by atoms with E-state index in [4.69, 9.17) is 24.3 Å². The molecule has 0 rings (SSSR count). The summed E-state index contributed by atoms with van der Waals surface area (Å²) in [5.41, 5.74) is 5.36. The van der Waals surface area contributed by atoms with Gasteiger partial charge in [-0.1, -0.05) is 257 Å². The molecule has 2 atom stereocenters. The molecule has 0 aliphatic rings. The maximum atomic E-state index is 12.6. The van der Waals surface area contributed by atoms with E-state index >= 15 is 0 Å². The Hall–Kier alpha value is -1.25. The first kappa shape index (κ1) is 62.8. The molecule has 0 aromatic heterocycles. The lowest BCUT2D eigenvalue weighted by Crippen LogP contribution is -2.29. The molecule has 380 valence electrons. The van der Waals surface area contributed by atoms with Crippen LogP contribution in [-0.4, -0.2) is 49.3 Å². The molecule has 0 aromatic carbocycles. The van der Waals surface area contributed by atoms with Crippen LogP contribution in [0.15, 0.2) is 12.2 Å². The first-order valence-electron chi connectivity index (χ1n) is 27.7. The molecule has 0 fully saturated rings. The zero-order valence-corrected chi connectivity index (χ0v) is 43.2. The van der Waals surface area contributed by atoms with E-state index in [0.717, 1.165) is 57.8 Å². The van der Waals surface area contributed by atoms with Crippen molar-refractivity contribution in [1.29, 1.82) is 0 Å². The normalized spacial score (nSPS) is 13.1. The molecule has 0 aliphatic heterocycles. The zero-order valence-electron chi connectivity index (χ0n) is 42.3. The van der Waals surface area contributed by atoms with Gasteiger partial charge in [0.15, 0.2) is 6.10 Å². The number of phosphoric acid groups is 1. The van der Waals surface area contributed by atoms with Crippen LogP contribution in [0, 0.1) is 0 Å². The summed E-state index contributed by atoms with van der Waals surface area (Å²) in [6.45, 7) is 3.73. The number of unbranched alkanes of at least 4 members (excludes halogenated alkanes) is 38. The number of nitrogens with two attached hydrogens (primary N) is 1. The number of hydrogen-bond donors (Lipinski definition) is 2. The second kappa shape index (κ2) is 51.1. The van der Waals surface area contributed by atoms with Gasteiger partial charge in [0.25, 0.3) is 0 Å². The van der Waals surface area contributed by atoms with Crippen molar-refractivity contribution in [3.05, 3.63) is 12.2 Å². The van der Waals surface area contributed by atoms with Crippen LogP contribution in [0.5, 0.6) is 0 Å². The number of esters is 2. The zero-order chi connectivity index (χ0) is 46.7. The first-order chi connectivity index (χ1) is 31.3. The molecule has 0 aliphatic carbocycles. The van der Waals surface area contributed by atoms with Crippen LogP contribution in [0.3, 0.4) is 0 Å². The van der Waals surface area contributed by atoms with E-state index in [2.05, 4.69) is 26.0 Å². The lowest BCUT2D eigenvalue weighted by molar-refractivity contribution is -0.161. The number of carbonyl (C=O) groups excluding carboxylic acids is 2. The number of allylic oxidation sites excluding steroid dienone is 2. The fourth-order valence-electron chi connectivity index (χ4n) is 8.27. The van der Waals surface area contributed by atoms with Gasteiger partial charge in [0.1, 0.15) is 6.61 Å². The van der Waals surface area contributed by atoms with Gasteiger partial charge in [-0.3, -0.25) is 18.6 Å². The third-order valence-corrected chi connectivity index (χ3v) is 13.4. The molecule has 0 amide bonds. The van der Waals surface area contributed by atoms with Gasteiger partial charge in [-0.15, -0.1) is 0 Å². The smallest absolute Gasteiger partial charge is 0.462 e. The molecule has 64 heavy (non-hydrogen) atoms. The average Bonchev–Trinajstić information content (AvgIpc) is 3.28. The Morgan fingerprint density at radius 1 is 0.453 bits per heavy atom. The van der Waals surface area contributed by atoms with Gasteiger partial charge in [-0.25, -0.2) is 4.57 Å². The van der Waals surface area contributed by atoms with Crippen molar-refractivity contribution >= 4 is 19.8 Å². The topological polar surface area (TPSA) is 134 Å². The van der Waals surface area contributed by atoms with Crippen molar-refractivity contribution in [2.75, 3.05) is 26.4 Å². The number of ether oxygens (including phenoxy) is 2. The van der Waals surface area contributed by atoms with Gasteiger partial charge in [-0.05, 0) is 32.1 Å². The van der Waals surface area contributed by atoms with Gasteiger partial charge in [-0.2, -0.15) is 0 Å². The van der Waals surface area contributed by atoms with Crippen LogP contribution < -0.4 is 5.73 Å². The highest BCUT2D eigenvalue weighted by Crippen LogP contribution is 2.43. The molecule has 9 nitrogen and oxygen atoms in total. The Labute approximate surface area is 396 Å². The molecule has 3 N–H and O–H groups in total. The minimum atomic E-state index is -4.38. The average molecular weight is 928 g/mol. The monoisotopic (exact) mass is 928 g/mol. The Balaban J connectivity index is 3.76. The molecule has 0 saturated heterocycles. The molecule has 2 unspecified atom stereocenters. The van der Waals surface area contributed by atoms with Gasteiger partial charge >= 0.3 is 19.8 Å². The van der Waals surface area contributed by atoms with Crippen molar-refractivity contribution in [2.24, 2.45) is 5.73 Å². The van der Waals surface area contributed by atoms with Gasteiger partial charge in [0.05, 0.1) is 13.2 Å². The molecule has 0 aromatic rings. The molecular formula is C54H106NO8P. The Morgan fingerprint density at radius 3 is 1.16 bits per heavy atom. The molecule has 0 bridgehead atoms. The predicted octanol–water partition coefficient (Wildman–Crippen LogP) is 16.9. The summed E-state index contributed by atoms with van der Waals surface area (Å²) >= 11 is 0. The van der Waals surface area contributed by atoms with Gasteiger partial charge < -0.3 is 20.1 Å². The molecule has 10 heteroatoms. The number of phosphoric ester groups is 1. The Bertz CT molecular complexity index is 1060. The van der Waals surface area contributed by atoms with Crippen molar-refractivity contribution in [1.82, 2.24) is 0 Å². The highest BCUT2D eigenvalue weighted by atomic mass is 31.2. The van der Waals surface area contributed by atoms with Crippen LogP contribution >= 0.6 is 7.82 Å². The summed E-state index contributed by atoms with van der Waals surface area (Å²) < 4.78 is 32.8. The first-order valence-corrected chi connectivity index (χ1v) is 29.2. The van der Waals surface area contributed by atoms with Crippen molar-refractivity contribution in [3.8, 4) is 0 Å². The van der Waals surface area contributed by atoms with Crippen LogP contribution in [0.2, 0.25) is 0 Å². The number of hydrogen-bond acceptors (Lipinski definition) is 8. The van der Waals surface area contributed by atoms with Crippen LogP contribution in [-0.2, 0) is 32.7 Å². The largest absolute Gasteiger partial charge is 0.472 e. The minimum Gasteiger partial charge on any atom is -0.462 e. The lowest BCUT2D eigenvalue weighted by Gasteiger charge is -2.19. The lowest BCUT2D eigenvalue weighted by atomic mass is 10.0. The SMILES string of the molecule is CCCC/C=C\CCCCCCCC(=O)OC(COC(=O)CCCCCCCCCCCCCCCCCCCCCCCCCCCCCCCCCC)COP(=O)(O)OCCN. The van der Waals surface area contributed by atoms with E-state index in [1.807, 2.05) is 0 Å². The van der Waals surface area contributed by atoms with Crippen LogP contribution in [0.25, 0.3) is 0 Å². The summed E-state index contributed by atoms with van der Waals surface area (Å²) in [5.74, 6) is -0.825. The summed E-state index contributed by atoms with van der Waals surface area (Å²) in [5, 5.41) is 0. The molecule has 0 heterocycles. The van der Waals surface area contributed by atoms with Crippen LogP contribution in [0.4, 0.5) is 0 Å². The molecule has 0 radical (unpaired) electrons. The number of rotatable bonds is 53. The molecule has 0 spiro atoms. The summed E-state index contributed by atoms with van der Waals surface area (Å²) in [7, 11) is -4.38. The second-order valence-corrected chi connectivity index (χ2v) is 20.3. The third-order valence-electron chi connectivity index (χ3n) is 12.4. The fraction of sp³-hybridized carbons (Fsp3) is 0.926. The van der Waals surface area contributed by atoms with Gasteiger partial charge in [0.2, 0.25) is 0 Å². The second-order valence-electron chi connectivity index (χ2n) is 18.8. The summed E-state index contributed by atoms with van der Waals surface area (Å²) in [4.78, 5) is 34.9.